The summed E-state index contributed by atoms with van der Waals surface area (Å²) >= 11 is 3.63. The number of aliphatic hydroxyl groups is 5. The van der Waals surface area contributed by atoms with Crippen LogP contribution >= 0.6 is 15.9 Å². The maximum Gasteiger partial charge on any atom is 0.312 e. The molecule has 27 atom stereocenters. The maximum absolute atomic E-state index is 11.8. The highest BCUT2D eigenvalue weighted by Crippen LogP contribution is 2.71. The van der Waals surface area contributed by atoms with E-state index in [0.29, 0.717) is 112 Å². The first kappa shape index (κ1) is 117. The average molecular weight is 2030 g/mol. The first-order valence-corrected chi connectivity index (χ1v) is 68.9. The minimum atomic E-state index is -1.75. The Hall–Kier alpha value is -0.912. The molecule has 17 heteroatoms. The lowest BCUT2D eigenvalue weighted by atomic mass is 9.60. The summed E-state index contributed by atoms with van der Waals surface area (Å²) < 4.78 is 31.0. The summed E-state index contributed by atoms with van der Waals surface area (Å²) in [6, 6.07) is 0. The van der Waals surface area contributed by atoms with Gasteiger partial charge in [-0.2, -0.15) is 0 Å². The molecule has 786 valence electrons. The van der Waals surface area contributed by atoms with Crippen LogP contribution in [0.5, 0.6) is 0 Å². The SMILES string of the molecule is CC(C)(C)[Si](C)(C)OC1CC2CC2(C=O)C1.CC(C)(C)[Si](C)(C)OC1CC2CC2(CO)C1.COC(=O)C12CC(O[Si](C)(C)C(C)(C)C)CC1C2.C[C@H](CCCC(C)(C)C)[C@H]1CCC2C(=CC(O)C34CC(O[Si](C)(C)C(C)(C)C)CC3C4)CCC[C@@]21C.C[C@H](CCCC(C)(C)C)[C@H]1CC[C@@H]2C(=CBr)CCC[C@@]21C.C[C@H](CCCC(C)(C)O)[C@H]1CC[C@@H]2/C(=C/C=C3C[C@@H](O)C[C@H](O)C3)CCC[C@@]21C. The van der Waals surface area contributed by atoms with Gasteiger partial charge in [-0.1, -0.05) is 261 Å². The molecule has 15 rings (SSSR count). The van der Waals surface area contributed by atoms with Crippen LogP contribution in [0.15, 0.2) is 45.5 Å². The fourth-order valence-corrected chi connectivity index (χ4v) is 35.3. The lowest BCUT2D eigenvalue weighted by Gasteiger charge is -2.45. The first-order chi connectivity index (χ1) is 62.4. The molecule has 12 nitrogen and oxygen atoms in total. The number of rotatable bonds is 27. The van der Waals surface area contributed by atoms with Gasteiger partial charge in [0.1, 0.15) is 6.29 Å². The second-order valence-electron chi connectivity index (χ2n) is 59.3. The van der Waals surface area contributed by atoms with Crippen LogP contribution in [0.1, 0.15) is 430 Å². The number of allylic oxidation sites excluding steroid dienone is 5. The monoisotopic (exact) mass is 2030 g/mol. The number of carbonyl (C=O) groups excluding carboxylic acids is 2. The van der Waals surface area contributed by atoms with Gasteiger partial charge >= 0.3 is 5.97 Å². The largest absolute Gasteiger partial charge is 0.469 e. The van der Waals surface area contributed by atoms with E-state index in [1.54, 1.807) is 16.7 Å². The Labute approximate surface area is 849 Å². The van der Waals surface area contributed by atoms with E-state index in [9.17, 15) is 35.1 Å². The van der Waals surface area contributed by atoms with E-state index in [1.807, 2.05) is 13.8 Å². The van der Waals surface area contributed by atoms with Crippen LogP contribution in [0.2, 0.25) is 72.5 Å². The predicted molar refractivity (Wildman–Crippen MR) is 584 cm³/mol. The van der Waals surface area contributed by atoms with Gasteiger partial charge in [0.05, 0.1) is 36.4 Å². The third-order valence-electron chi connectivity index (χ3n) is 42.0. The third kappa shape index (κ3) is 28.2. The Kier molecular flexibility index (Phi) is 37.9. The number of esters is 1. The average Bonchev–Trinajstić information content (AvgIpc) is 1.56. The van der Waals surface area contributed by atoms with Gasteiger partial charge in [-0.25, -0.2) is 0 Å². The number of halogens is 1. The fourth-order valence-electron chi connectivity index (χ4n) is 29.2. The van der Waals surface area contributed by atoms with Gasteiger partial charge in [0.25, 0.3) is 0 Å². The van der Waals surface area contributed by atoms with Crippen LogP contribution in [0.3, 0.4) is 0 Å². The minimum Gasteiger partial charge on any atom is -0.469 e. The highest BCUT2D eigenvalue weighted by atomic mass is 79.9. The zero-order chi connectivity index (χ0) is 102. The minimum absolute atomic E-state index is 0.0196. The Balaban J connectivity index is 0.000000173. The van der Waals surface area contributed by atoms with Crippen molar-refractivity contribution in [3.8, 4) is 0 Å². The van der Waals surface area contributed by atoms with Gasteiger partial charge in [-0.15, -0.1) is 0 Å². The summed E-state index contributed by atoms with van der Waals surface area (Å²) in [5.41, 5.74) is 8.20. The van der Waals surface area contributed by atoms with Crippen LogP contribution in [-0.4, -0.2) is 133 Å². The lowest BCUT2D eigenvalue weighted by Crippen LogP contribution is -2.44. The molecule has 15 saturated carbocycles. The molecule has 15 aliphatic carbocycles. The van der Waals surface area contributed by atoms with Crippen molar-refractivity contribution >= 4 is 61.5 Å². The molecule has 0 aromatic rings. The number of fused-ring (bicyclic) bond motifs is 7. The molecule has 14 unspecified atom stereocenters. The molecule has 0 aromatic carbocycles. The number of methoxy groups -OCH3 is 1. The standard InChI is InChI=1S/C33H60O2Si.C26H44O3.C20H35Br.C14H26O3Si.C13H26O2Si.C13H24O2Si/c1-23(13-11-17-30(2,3)4)27-15-16-28-24(14-12-18-32(27,28)8)19-29(34)33-21-25(33)20-26(22-33)35-36(9,10)31(5,6)7;1-18(7-5-13-25(2,3)29)23-11-12-24-20(8-6-14-26(23,24)4)10-9-19-15-21(27)17-22(28)16-19;1-15(8-6-12-19(2,3)4)17-10-11-18-16(14-21)9-7-13-20(17,18)5;1-13(2,3)18(5,6)17-11-7-10-8-14(10,9-11)12(15)16-4;2*1-12(2,3)16(4,5)15-11-6-10-7-13(10,8-11)9-14/h19,23,25-29,34H,11-18,20-22H2,1-10H3;9-10,18,21-24,27-29H,5-8,11-17H2,1-4H3;14-15,17-18H,6-13H2,1-5H3;10-11H,7-9H2,1-6H3;10-11,14H,6-9H2,1-5H3;9-11H,6-8H2,1-5H3/b;20-10+;;;;/t23-,25?,26?,27-,28?,29?,32-,33?;18-,21-,22-,23-,24-,26-;15-,17-,18-,20-;;;/m111.../s1. The third-order valence-corrected chi connectivity index (χ3v) is 60.7. The topological polar surface area (TPSA) is 181 Å². The zero-order valence-corrected chi connectivity index (χ0v) is 100. The van der Waals surface area contributed by atoms with Gasteiger partial charge in [-0.05, 0) is 413 Å². The normalized spacial score (nSPS) is 38.0. The van der Waals surface area contributed by atoms with Crippen molar-refractivity contribution in [2.45, 2.75) is 551 Å². The Morgan fingerprint density at radius 3 is 1.24 bits per heavy atom. The predicted octanol–water partition coefficient (Wildman–Crippen LogP) is 32.3. The number of aldehydes is 1. The summed E-state index contributed by atoms with van der Waals surface area (Å²) in [6.45, 7) is 79.7. The van der Waals surface area contributed by atoms with E-state index in [0.717, 1.165) is 106 Å². The second-order valence-corrected chi connectivity index (χ2v) is 78.8. The van der Waals surface area contributed by atoms with Crippen LogP contribution in [0.4, 0.5) is 0 Å². The van der Waals surface area contributed by atoms with Crippen molar-refractivity contribution in [2.24, 2.45) is 126 Å². The molecule has 0 aromatic heterocycles. The second kappa shape index (κ2) is 44.1. The van der Waals surface area contributed by atoms with Crippen LogP contribution in [0.25, 0.3) is 0 Å². The molecular weight excluding hydrogens is 1810 g/mol. The quantitative estimate of drug-likeness (QED) is 0.0228. The van der Waals surface area contributed by atoms with Crippen molar-refractivity contribution in [1.82, 2.24) is 0 Å². The van der Waals surface area contributed by atoms with Crippen molar-refractivity contribution in [3.63, 3.8) is 0 Å². The van der Waals surface area contributed by atoms with Crippen molar-refractivity contribution in [1.29, 1.82) is 0 Å². The number of aliphatic hydroxyl groups excluding tert-OH is 4. The van der Waals surface area contributed by atoms with E-state index >= 15 is 0 Å². The summed E-state index contributed by atoms with van der Waals surface area (Å²) in [6.07, 6.45) is 55.2. The van der Waals surface area contributed by atoms with Crippen LogP contribution in [-0.2, 0) is 32.0 Å². The van der Waals surface area contributed by atoms with Gasteiger partial charge in [0.15, 0.2) is 33.3 Å². The lowest BCUT2D eigenvalue weighted by molar-refractivity contribution is -0.147. The maximum atomic E-state index is 11.8. The van der Waals surface area contributed by atoms with Crippen molar-refractivity contribution < 1.29 is 57.6 Å². The Morgan fingerprint density at radius 2 is 0.846 bits per heavy atom. The van der Waals surface area contributed by atoms with Crippen molar-refractivity contribution in [3.05, 3.63) is 45.5 Å². The number of carbonyl (C=O) groups is 2. The molecule has 15 aliphatic rings. The van der Waals surface area contributed by atoms with Crippen LogP contribution < -0.4 is 0 Å². The molecule has 0 saturated heterocycles. The Bertz CT molecular complexity index is 4020. The molecule has 15 fully saturated rings. The van der Waals surface area contributed by atoms with Gasteiger partial charge in [-0.3, -0.25) is 4.79 Å². The summed E-state index contributed by atoms with van der Waals surface area (Å²) in [5, 5.41) is 52.0. The first-order valence-electron chi connectivity index (χ1n) is 56.4. The van der Waals surface area contributed by atoms with E-state index < -0.39 is 38.9 Å². The molecule has 0 amide bonds. The molecule has 0 heterocycles. The molecular formula is C119H215BrO12Si4. The smallest absolute Gasteiger partial charge is 0.312 e. The van der Waals surface area contributed by atoms with Gasteiger partial charge < -0.3 is 52.8 Å². The molecule has 136 heavy (non-hydrogen) atoms. The molecule has 0 aliphatic heterocycles. The van der Waals surface area contributed by atoms with E-state index in [1.165, 1.54) is 186 Å². The Morgan fingerprint density at radius 1 is 0.463 bits per heavy atom. The molecule has 0 radical (unpaired) electrons. The summed E-state index contributed by atoms with van der Waals surface area (Å²) in [7, 11) is -5.21. The molecule has 0 bridgehead atoms. The zero-order valence-electron chi connectivity index (χ0n) is 94.7. The summed E-state index contributed by atoms with van der Waals surface area (Å²) in [4.78, 5) is 25.1. The molecule has 0 spiro atoms. The van der Waals surface area contributed by atoms with E-state index in [2.05, 4.69) is 258 Å². The van der Waals surface area contributed by atoms with Crippen molar-refractivity contribution in [2.75, 3.05) is 13.7 Å². The van der Waals surface area contributed by atoms with Crippen LogP contribution in [0, 0.1) is 126 Å². The fraction of sp³-hybridized carbons (Fsp3) is 0.916. The van der Waals surface area contributed by atoms with E-state index in [-0.39, 0.29) is 67.2 Å². The van der Waals surface area contributed by atoms with Gasteiger partial charge in [0, 0.05) is 41.9 Å². The highest BCUT2D eigenvalue weighted by molar-refractivity contribution is 9.11. The number of hydrogen-bond acceptors (Lipinski definition) is 12. The number of ether oxygens (including phenoxy) is 1. The van der Waals surface area contributed by atoms with Gasteiger partial charge in [0.2, 0.25) is 0 Å². The molecule has 5 N–H and O–H groups in total. The summed E-state index contributed by atoms with van der Waals surface area (Å²) in [5.74, 6) is 9.83. The van der Waals surface area contributed by atoms with E-state index in [4.69, 9.17) is 22.4 Å². The highest BCUT2D eigenvalue weighted by Gasteiger charge is 2.69. The number of hydrogen-bond donors (Lipinski definition) is 5.